The summed E-state index contributed by atoms with van der Waals surface area (Å²) >= 11 is 2.28. The zero-order valence-corrected chi connectivity index (χ0v) is 16.8. The van der Waals surface area contributed by atoms with E-state index in [0.717, 1.165) is 5.56 Å². The fourth-order valence-corrected chi connectivity index (χ4v) is 3.62. The van der Waals surface area contributed by atoms with Gasteiger partial charge in [0.05, 0.1) is 25.1 Å². The molecule has 27 heavy (non-hydrogen) atoms. The molecular formula is C18H20IN5O3. The molecule has 4 rings (SSSR count). The molecule has 0 radical (unpaired) electrons. The second-order valence-electron chi connectivity index (χ2n) is 6.58. The number of benzene rings is 1. The maximum absolute atomic E-state index is 9.98. The Balaban J connectivity index is 1.60. The third-order valence-corrected chi connectivity index (χ3v) is 5.50. The first-order valence-electron chi connectivity index (χ1n) is 8.70. The van der Waals surface area contributed by atoms with E-state index in [1.165, 1.54) is 9.90 Å². The number of rotatable bonds is 5. The molecule has 3 N–H and O–H groups in total. The van der Waals surface area contributed by atoms with E-state index < -0.39 is 18.4 Å². The molecule has 0 aliphatic carbocycles. The summed E-state index contributed by atoms with van der Waals surface area (Å²) in [5.41, 5.74) is 2.41. The summed E-state index contributed by atoms with van der Waals surface area (Å²) in [6.45, 7) is 1.84. The van der Waals surface area contributed by atoms with Crippen LogP contribution < -0.4 is 5.32 Å². The van der Waals surface area contributed by atoms with Gasteiger partial charge in [0.15, 0.2) is 17.0 Å². The van der Waals surface area contributed by atoms with Gasteiger partial charge in [0.1, 0.15) is 18.7 Å². The molecule has 9 heteroatoms. The Morgan fingerprint density at radius 2 is 2.07 bits per heavy atom. The van der Waals surface area contributed by atoms with Crippen molar-refractivity contribution in [1.82, 2.24) is 19.5 Å². The fraction of sp³-hybridized carbons (Fsp3) is 0.389. The van der Waals surface area contributed by atoms with Gasteiger partial charge < -0.3 is 20.3 Å². The van der Waals surface area contributed by atoms with Crippen molar-refractivity contribution in [2.24, 2.45) is 0 Å². The highest BCUT2D eigenvalue weighted by Gasteiger charge is 2.35. The summed E-state index contributed by atoms with van der Waals surface area (Å²) in [7, 11) is 0. The molecule has 4 atom stereocenters. The van der Waals surface area contributed by atoms with Gasteiger partial charge in [0.25, 0.3) is 0 Å². The minimum absolute atomic E-state index is 0.0496. The first kappa shape index (κ1) is 18.5. The molecular weight excluding hydrogens is 461 g/mol. The molecule has 0 bridgehead atoms. The standard InChI is InChI=1S/C18H20IN5O3/c1-10(11-2-4-12(19)5-3-11)23-17-16-18(21-8-20-17)24(9-22-16)15-6-13(26)14(7-25)27-15/h2-5,8-10,13-15,25-26H,6-7H2,1H3,(H,20,21,23)/t10?,13?,14-,15-/m1/s1. The number of anilines is 1. The molecule has 1 saturated heterocycles. The third-order valence-electron chi connectivity index (χ3n) is 4.78. The van der Waals surface area contributed by atoms with Crippen LogP contribution in [0.4, 0.5) is 5.82 Å². The Kier molecular flexibility index (Phi) is 5.26. The molecule has 2 aromatic heterocycles. The van der Waals surface area contributed by atoms with Gasteiger partial charge in [0.2, 0.25) is 0 Å². The summed E-state index contributed by atoms with van der Waals surface area (Å²) in [6.07, 6.45) is 1.78. The maximum Gasteiger partial charge on any atom is 0.167 e. The average Bonchev–Trinajstić information content (AvgIpc) is 3.26. The van der Waals surface area contributed by atoms with Gasteiger partial charge >= 0.3 is 0 Å². The second kappa shape index (κ2) is 7.66. The quantitative estimate of drug-likeness (QED) is 0.481. The van der Waals surface area contributed by atoms with Gasteiger partial charge in [-0.05, 0) is 47.2 Å². The van der Waals surface area contributed by atoms with Crippen LogP contribution in [0.2, 0.25) is 0 Å². The highest BCUT2D eigenvalue weighted by molar-refractivity contribution is 14.1. The Hall–Kier alpha value is -1.82. The molecule has 1 fully saturated rings. The van der Waals surface area contributed by atoms with Crippen LogP contribution in [-0.2, 0) is 4.74 Å². The molecule has 142 valence electrons. The Labute approximate surface area is 169 Å². The minimum Gasteiger partial charge on any atom is -0.394 e. The highest BCUT2D eigenvalue weighted by atomic mass is 127. The number of aliphatic hydroxyl groups is 2. The SMILES string of the molecule is CC(Nc1ncnc2c1ncn2[C@H]1CC(O)[C@@H](CO)O1)c1ccc(I)cc1. The van der Waals surface area contributed by atoms with Crippen LogP contribution in [0.15, 0.2) is 36.9 Å². The van der Waals surface area contributed by atoms with Gasteiger partial charge in [0, 0.05) is 9.99 Å². The normalized spacial score (nSPS) is 23.6. The number of aromatic nitrogens is 4. The molecule has 8 nitrogen and oxygen atoms in total. The van der Waals surface area contributed by atoms with Gasteiger partial charge in [-0.2, -0.15) is 0 Å². The Morgan fingerprint density at radius 3 is 2.78 bits per heavy atom. The van der Waals surface area contributed by atoms with Crippen molar-refractivity contribution in [3.05, 3.63) is 46.1 Å². The first-order chi connectivity index (χ1) is 13.1. The molecule has 0 amide bonds. The van der Waals surface area contributed by atoms with E-state index in [9.17, 15) is 10.2 Å². The molecule has 0 spiro atoms. The van der Waals surface area contributed by atoms with Crippen LogP contribution >= 0.6 is 22.6 Å². The van der Waals surface area contributed by atoms with E-state index >= 15 is 0 Å². The molecule has 3 aromatic rings. The number of nitrogens with zero attached hydrogens (tertiary/aromatic N) is 4. The van der Waals surface area contributed by atoms with Crippen molar-refractivity contribution < 1.29 is 14.9 Å². The van der Waals surface area contributed by atoms with Crippen LogP contribution in [0.5, 0.6) is 0 Å². The van der Waals surface area contributed by atoms with Crippen LogP contribution in [0, 0.1) is 3.57 Å². The molecule has 1 aliphatic heterocycles. The zero-order chi connectivity index (χ0) is 19.0. The lowest BCUT2D eigenvalue weighted by Crippen LogP contribution is -2.24. The Bertz CT molecular complexity index is 932. The van der Waals surface area contributed by atoms with Crippen LogP contribution in [0.1, 0.15) is 31.2 Å². The monoisotopic (exact) mass is 481 g/mol. The van der Waals surface area contributed by atoms with Crippen LogP contribution in [-0.4, -0.2) is 48.5 Å². The van der Waals surface area contributed by atoms with Gasteiger partial charge in [-0.1, -0.05) is 12.1 Å². The average molecular weight is 481 g/mol. The van der Waals surface area contributed by atoms with Crippen LogP contribution in [0.3, 0.4) is 0 Å². The summed E-state index contributed by atoms with van der Waals surface area (Å²) < 4.78 is 8.68. The number of aliphatic hydroxyl groups excluding tert-OH is 2. The van der Waals surface area contributed by atoms with Gasteiger partial charge in [-0.25, -0.2) is 15.0 Å². The van der Waals surface area contributed by atoms with Crippen molar-refractivity contribution in [2.75, 3.05) is 11.9 Å². The predicted molar refractivity (Wildman–Crippen MR) is 108 cm³/mol. The largest absolute Gasteiger partial charge is 0.394 e. The predicted octanol–water partition coefficient (Wildman–Crippen LogP) is 2.24. The third kappa shape index (κ3) is 3.64. The Morgan fingerprint density at radius 1 is 1.30 bits per heavy atom. The van der Waals surface area contributed by atoms with Crippen molar-refractivity contribution >= 4 is 39.6 Å². The number of hydrogen-bond donors (Lipinski definition) is 3. The van der Waals surface area contributed by atoms with Gasteiger partial charge in [-0.15, -0.1) is 0 Å². The van der Waals surface area contributed by atoms with Gasteiger partial charge in [-0.3, -0.25) is 4.57 Å². The topological polar surface area (TPSA) is 105 Å². The smallest absolute Gasteiger partial charge is 0.167 e. The summed E-state index contributed by atoms with van der Waals surface area (Å²) in [5.74, 6) is 0.641. The number of ether oxygens (including phenoxy) is 1. The number of halogens is 1. The molecule has 2 unspecified atom stereocenters. The number of hydrogen-bond acceptors (Lipinski definition) is 7. The van der Waals surface area contributed by atoms with E-state index in [1.807, 2.05) is 0 Å². The van der Waals surface area contributed by atoms with E-state index in [2.05, 4.69) is 74.0 Å². The van der Waals surface area contributed by atoms with E-state index in [4.69, 9.17) is 4.74 Å². The molecule has 0 saturated carbocycles. The lowest BCUT2D eigenvalue weighted by Gasteiger charge is -2.16. The van der Waals surface area contributed by atoms with Crippen molar-refractivity contribution in [1.29, 1.82) is 0 Å². The second-order valence-corrected chi connectivity index (χ2v) is 7.82. The summed E-state index contributed by atoms with van der Waals surface area (Å²) in [6, 6.07) is 8.35. The fourth-order valence-electron chi connectivity index (χ4n) is 3.26. The number of fused-ring (bicyclic) bond motifs is 1. The molecule has 1 aromatic carbocycles. The lowest BCUT2D eigenvalue weighted by atomic mass is 10.1. The van der Waals surface area contributed by atoms with Crippen LogP contribution in [0.25, 0.3) is 11.2 Å². The van der Waals surface area contributed by atoms with E-state index in [0.29, 0.717) is 23.4 Å². The van der Waals surface area contributed by atoms with Crippen molar-refractivity contribution in [2.45, 2.75) is 37.8 Å². The first-order valence-corrected chi connectivity index (χ1v) is 9.78. The summed E-state index contributed by atoms with van der Waals surface area (Å²) in [5, 5.41) is 22.7. The minimum atomic E-state index is -0.710. The lowest BCUT2D eigenvalue weighted by molar-refractivity contribution is -0.0432. The maximum atomic E-state index is 9.98. The van der Waals surface area contributed by atoms with E-state index in [1.54, 1.807) is 10.9 Å². The number of nitrogens with one attached hydrogen (secondary N) is 1. The molecule has 3 heterocycles. The van der Waals surface area contributed by atoms with E-state index in [-0.39, 0.29) is 12.6 Å². The zero-order valence-electron chi connectivity index (χ0n) is 14.7. The van der Waals surface area contributed by atoms with Crippen molar-refractivity contribution in [3.63, 3.8) is 0 Å². The number of imidazole rings is 1. The summed E-state index contributed by atoms with van der Waals surface area (Å²) in [4.78, 5) is 13.1. The highest BCUT2D eigenvalue weighted by Crippen LogP contribution is 2.32. The van der Waals surface area contributed by atoms with Crippen molar-refractivity contribution in [3.8, 4) is 0 Å². The molecule has 1 aliphatic rings.